The summed E-state index contributed by atoms with van der Waals surface area (Å²) >= 11 is 0. The van der Waals surface area contributed by atoms with Crippen LogP contribution in [0.15, 0.2) is 0 Å². The normalized spacial score (nSPS) is 34.5. The van der Waals surface area contributed by atoms with E-state index in [1.807, 2.05) is 11.8 Å². The molecule has 0 aromatic heterocycles. The largest absolute Gasteiger partial charge is 0.378 e. The van der Waals surface area contributed by atoms with E-state index >= 15 is 0 Å². The summed E-state index contributed by atoms with van der Waals surface area (Å²) in [4.78, 5) is 17.7. The molecule has 2 heterocycles. The molecular formula is C22H43Cl2N3O3. The van der Waals surface area contributed by atoms with E-state index in [1.165, 1.54) is 6.42 Å². The summed E-state index contributed by atoms with van der Waals surface area (Å²) in [5.41, 5.74) is 5.52. The number of amides is 1. The highest BCUT2D eigenvalue weighted by atomic mass is 35.5. The van der Waals surface area contributed by atoms with Gasteiger partial charge < -0.3 is 20.1 Å². The number of hydrogen-bond acceptors (Lipinski definition) is 5. The third-order valence-electron chi connectivity index (χ3n) is 7.46. The van der Waals surface area contributed by atoms with Crippen molar-refractivity contribution in [1.82, 2.24) is 9.80 Å². The number of nitrogens with two attached hydrogens (primary N) is 1. The Labute approximate surface area is 195 Å². The van der Waals surface area contributed by atoms with E-state index < -0.39 is 5.54 Å². The van der Waals surface area contributed by atoms with E-state index in [0.717, 1.165) is 45.6 Å². The van der Waals surface area contributed by atoms with Crippen molar-refractivity contribution in [3.05, 3.63) is 0 Å². The van der Waals surface area contributed by atoms with Crippen molar-refractivity contribution in [3.8, 4) is 0 Å². The number of carbonyl (C=O) groups is 1. The van der Waals surface area contributed by atoms with E-state index in [1.54, 1.807) is 0 Å². The molecule has 1 saturated carbocycles. The van der Waals surface area contributed by atoms with Crippen LogP contribution in [0.1, 0.15) is 60.3 Å². The van der Waals surface area contributed by atoms with Gasteiger partial charge in [0.05, 0.1) is 18.3 Å². The van der Waals surface area contributed by atoms with Crippen LogP contribution in [0, 0.1) is 11.3 Å². The molecule has 8 heteroatoms. The van der Waals surface area contributed by atoms with Gasteiger partial charge >= 0.3 is 0 Å². The number of morpholine rings is 1. The van der Waals surface area contributed by atoms with Crippen molar-refractivity contribution in [1.29, 1.82) is 0 Å². The zero-order chi connectivity index (χ0) is 20.5. The van der Waals surface area contributed by atoms with Crippen molar-refractivity contribution < 1.29 is 14.3 Å². The van der Waals surface area contributed by atoms with Gasteiger partial charge in [0.15, 0.2) is 0 Å². The molecule has 0 radical (unpaired) electrons. The van der Waals surface area contributed by atoms with Gasteiger partial charge in [0.25, 0.3) is 0 Å². The Morgan fingerprint density at radius 1 is 1.13 bits per heavy atom. The average Bonchev–Trinajstić information content (AvgIpc) is 2.65. The van der Waals surface area contributed by atoms with Gasteiger partial charge in [0, 0.05) is 44.6 Å². The molecule has 178 valence electrons. The van der Waals surface area contributed by atoms with Gasteiger partial charge in [-0.25, -0.2) is 0 Å². The second kappa shape index (κ2) is 11.2. The van der Waals surface area contributed by atoms with Gasteiger partial charge in [-0.15, -0.1) is 24.8 Å². The predicted octanol–water partition coefficient (Wildman–Crippen LogP) is 3.10. The smallest absolute Gasteiger partial charge is 0.243 e. The summed E-state index contributed by atoms with van der Waals surface area (Å²) in [5, 5.41) is 0. The van der Waals surface area contributed by atoms with Gasteiger partial charge in [-0.1, -0.05) is 13.8 Å². The number of nitrogens with zero attached hydrogens (tertiary/aromatic N) is 2. The molecule has 30 heavy (non-hydrogen) atoms. The zero-order valence-electron chi connectivity index (χ0n) is 19.4. The minimum Gasteiger partial charge on any atom is -0.378 e. The van der Waals surface area contributed by atoms with Crippen LogP contribution < -0.4 is 5.73 Å². The van der Waals surface area contributed by atoms with Crippen molar-refractivity contribution in [2.24, 2.45) is 17.1 Å². The Bertz CT molecular complexity index is 548. The molecule has 1 amide bonds. The van der Waals surface area contributed by atoms with Crippen LogP contribution >= 0.6 is 24.8 Å². The highest BCUT2D eigenvalue weighted by molar-refractivity contribution is 5.89. The van der Waals surface area contributed by atoms with Crippen LogP contribution in [-0.4, -0.2) is 78.9 Å². The van der Waals surface area contributed by atoms with Crippen molar-refractivity contribution in [2.75, 3.05) is 39.3 Å². The van der Waals surface area contributed by atoms with Gasteiger partial charge in [-0.3, -0.25) is 9.69 Å². The van der Waals surface area contributed by atoms with E-state index in [0.29, 0.717) is 31.2 Å². The van der Waals surface area contributed by atoms with Crippen molar-refractivity contribution >= 4 is 30.7 Å². The molecule has 2 saturated heterocycles. The van der Waals surface area contributed by atoms with Gasteiger partial charge in [0.1, 0.15) is 5.54 Å². The van der Waals surface area contributed by atoms with Gasteiger partial charge in [0.2, 0.25) is 5.91 Å². The number of hydrogen-bond donors (Lipinski definition) is 1. The third kappa shape index (κ3) is 5.62. The topological polar surface area (TPSA) is 68.0 Å². The standard InChI is InChI=1S/C22H41N3O3.2ClH/c1-6-27-19-13-22(23,21(19,4)5)20(26)25-11-8-18(9-12-25)7-10-24-14-16(2)28-17(3)15-24;;/h16-19H,6-15,23H2,1-5H3;2*1H. The first-order valence-electron chi connectivity index (χ1n) is 11.2. The lowest BCUT2D eigenvalue weighted by Crippen LogP contribution is -2.76. The number of halogens is 2. The first-order valence-corrected chi connectivity index (χ1v) is 11.2. The average molecular weight is 469 g/mol. The molecule has 1 aliphatic carbocycles. The van der Waals surface area contributed by atoms with Gasteiger partial charge in [-0.2, -0.15) is 0 Å². The second-order valence-electron chi connectivity index (χ2n) is 9.88. The molecule has 0 aromatic carbocycles. The maximum Gasteiger partial charge on any atom is 0.243 e. The summed E-state index contributed by atoms with van der Waals surface area (Å²) in [7, 11) is 0. The van der Waals surface area contributed by atoms with Crippen LogP contribution in [-0.2, 0) is 14.3 Å². The molecule has 2 N–H and O–H groups in total. The van der Waals surface area contributed by atoms with Crippen molar-refractivity contribution in [2.45, 2.75) is 84.2 Å². The maximum atomic E-state index is 13.2. The number of likely N-dealkylation sites (tertiary alicyclic amines) is 1. The van der Waals surface area contributed by atoms with Gasteiger partial charge in [-0.05, 0) is 52.5 Å². The Morgan fingerprint density at radius 2 is 1.70 bits per heavy atom. The summed E-state index contributed by atoms with van der Waals surface area (Å²) in [5.74, 6) is 0.833. The molecule has 0 spiro atoms. The molecule has 0 bridgehead atoms. The molecule has 4 unspecified atom stereocenters. The molecule has 6 nitrogen and oxygen atoms in total. The molecule has 3 fully saturated rings. The minimum absolute atomic E-state index is 0. The number of piperidine rings is 1. The van der Waals surface area contributed by atoms with Crippen LogP contribution in [0.3, 0.4) is 0 Å². The van der Waals surface area contributed by atoms with Crippen LogP contribution in [0.2, 0.25) is 0 Å². The summed E-state index contributed by atoms with van der Waals surface area (Å²) in [6.45, 7) is 16.0. The lowest BCUT2D eigenvalue weighted by molar-refractivity contribution is -0.180. The fourth-order valence-electron chi connectivity index (χ4n) is 5.34. The fraction of sp³-hybridized carbons (Fsp3) is 0.955. The number of rotatable bonds is 6. The Morgan fingerprint density at radius 3 is 2.20 bits per heavy atom. The lowest BCUT2D eigenvalue weighted by atomic mass is 9.54. The second-order valence-corrected chi connectivity index (χ2v) is 9.88. The fourth-order valence-corrected chi connectivity index (χ4v) is 5.34. The summed E-state index contributed by atoms with van der Waals surface area (Å²) < 4.78 is 11.6. The summed E-state index contributed by atoms with van der Waals surface area (Å²) in [6, 6.07) is 0. The highest BCUT2D eigenvalue weighted by Crippen LogP contribution is 2.50. The predicted molar refractivity (Wildman–Crippen MR) is 126 cm³/mol. The first kappa shape index (κ1) is 27.9. The van der Waals surface area contributed by atoms with Crippen LogP contribution in [0.25, 0.3) is 0 Å². The number of ether oxygens (including phenoxy) is 2. The van der Waals surface area contributed by atoms with E-state index in [-0.39, 0.29) is 42.2 Å². The van der Waals surface area contributed by atoms with Crippen molar-refractivity contribution in [3.63, 3.8) is 0 Å². The molecule has 3 rings (SSSR count). The van der Waals surface area contributed by atoms with Crippen LogP contribution in [0.4, 0.5) is 0 Å². The highest BCUT2D eigenvalue weighted by Gasteiger charge is 2.63. The monoisotopic (exact) mass is 467 g/mol. The molecule has 2 aliphatic heterocycles. The molecule has 3 aliphatic rings. The SMILES string of the molecule is CCOC1CC(N)(C(=O)N2CCC(CCN3CC(C)OC(C)C3)CC2)C1(C)C.Cl.Cl. The minimum atomic E-state index is -0.778. The maximum absolute atomic E-state index is 13.2. The van der Waals surface area contributed by atoms with E-state index in [4.69, 9.17) is 15.2 Å². The molecular weight excluding hydrogens is 425 g/mol. The van der Waals surface area contributed by atoms with E-state index in [9.17, 15) is 4.79 Å². The van der Waals surface area contributed by atoms with E-state index in [2.05, 4.69) is 32.6 Å². The quantitative estimate of drug-likeness (QED) is 0.649. The molecule has 0 aromatic rings. The van der Waals surface area contributed by atoms with Crippen LogP contribution in [0.5, 0.6) is 0 Å². The summed E-state index contributed by atoms with van der Waals surface area (Å²) in [6.07, 6.45) is 4.78. The Balaban J connectivity index is 0.00000225. The third-order valence-corrected chi connectivity index (χ3v) is 7.46. The lowest BCUT2D eigenvalue weighted by Gasteiger charge is -2.59. The Hall–Kier alpha value is -0.110. The first-order chi connectivity index (χ1) is 13.2. The Kier molecular flexibility index (Phi) is 10.4. The molecule has 4 atom stereocenters. The zero-order valence-corrected chi connectivity index (χ0v) is 21.0. The number of carbonyl (C=O) groups excluding carboxylic acids is 1.